The lowest BCUT2D eigenvalue weighted by Crippen LogP contribution is -2.41. The van der Waals surface area contributed by atoms with Gasteiger partial charge in [0.05, 0.1) is 6.10 Å². The molecule has 4 heteroatoms. The van der Waals surface area contributed by atoms with Crippen molar-refractivity contribution in [1.82, 2.24) is 10.6 Å². The van der Waals surface area contributed by atoms with Crippen LogP contribution in [0.25, 0.3) is 0 Å². The first-order valence-electron chi connectivity index (χ1n) is 8.95. The predicted octanol–water partition coefficient (Wildman–Crippen LogP) is 2.81. The minimum atomic E-state index is -0.160. The van der Waals surface area contributed by atoms with Crippen LogP contribution in [-0.2, 0) is 0 Å². The zero-order chi connectivity index (χ0) is 14.7. The summed E-state index contributed by atoms with van der Waals surface area (Å²) in [5, 5.41) is 15.8. The van der Waals surface area contributed by atoms with Crippen LogP contribution < -0.4 is 10.6 Å². The molecule has 0 aliphatic heterocycles. The monoisotopic (exact) mass is 294 g/mol. The van der Waals surface area contributed by atoms with Gasteiger partial charge >= 0.3 is 6.03 Å². The summed E-state index contributed by atoms with van der Waals surface area (Å²) in [5.74, 6) is 2.05. The molecule has 3 aliphatic rings. The number of amides is 2. The van der Waals surface area contributed by atoms with Crippen LogP contribution in [0.4, 0.5) is 4.79 Å². The molecule has 0 aromatic heterocycles. The molecular formula is C17H30N2O2. The first-order valence-corrected chi connectivity index (χ1v) is 8.95. The summed E-state index contributed by atoms with van der Waals surface area (Å²) in [6.07, 6.45) is 11.9. The molecule has 21 heavy (non-hydrogen) atoms. The zero-order valence-electron chi connectivity index (χ0n) is 13.0. The van der Waals surface area contributed by atoms with Gasteiger partial charge in [0.2, 0.25) is 0 Å². The van der Waals surface area contributed by atoms with Crippen molar-refractivity contribution in [2.45, 2.75) is 76.4 Å². The Morgan fingerprint density at radius 3 is 2.57 bits per heavy atom. The smallest absolute Gasteiger partial charge is 0.315 e. The Morgan fingerprint density at radius 2 is 1.81 bits per heavy atom. The molecule has 3 fully saturated rings. The molecule has 3 N–H and O–H groups in total. The van der Waals surface area contributed by atoms with E-state index >= 15 is 0 Å². The second kappa shape index (κ2) is 6.99. The van der Waals surface area contributed by atoms with Crippen molar-refractivity contribution in [2.24, 2.45) is 17.8 Å². The fourth-order valence-electron chi connectivity index (χ4n) is 4.37. The van der Waals surface area contributed by atoms with E-state index in [9.17, 15) is 9.90 Å². The third-order valence-electron chi connectivity index (χ3n) is 5.72. The van der Waals surface area contributed by atoms with Gasteiger partial charge in [0.15, 0.2) is 0 Å². The fraction of sp³-hybridized carbons (Fsp3) is 0.941. The molecule has 0 heterocycles. The molecule has 2 amide bonds. The van der Waals surface area contributed by atoms with Crippen LogP contribution in [0.2, 0.25) is 0 Å². The van der Waals surface area contributed by atoms with Gasteiger partial charge in [-0.25, -0.2) is 4.79 Å². The Morgan fingerprint density at radius 1 is 1.00 bits per heavy atom. The molecule has 0 bridgehead atoms. The van der Waals surface area contributed by atoms with Gasteiger partial charge in [-0.15, -0.1) is 0 Å². The van der Waals surface area contributed by atoms with E-state index in [2.05, 4.69) is 10.6 Å². The molecule has 3 rings (SSSR count). The van der Waals surface area contributed by atoms with Crippen molar-refractivity contribution in [3.63, 3.8) is 0 Å². The Bertz CT molecular complexity index is 355. The summed E-state index contributed by atoms with van der Waals surface area (Å²) in [6.45, 7) is 0.712. The van der Waals surface area contributed by atoms with Gasteiger partial charge in [0.25, 0.3) is 0 Å². The maximum atomic E-state index is 12.0. The Labute approximate surface area is 128 Å². The van der Waals surface area contributed by atoms with Crippen molar-refractivity contribution >= 4 is 6.03 Å². The van der Waals surface area contributed by atoms with E-state index in [0.29, 0.717) is 18.5 Å². The second-order valence-corrected chi connectivity index (χ2v) is 7.44. The molecule has 0 aromatic carbocycles. The van der Waals surface area contributed by atoms with Crippen LogP contribution in [0.5, 0.6) is 0 Å². The van der Waals surface area contributed by atoms with Crippen molar-refractivity contribution in [1.29, 1.82) is 0 Å². The molecule has 0 saturated heterocycles. The summed E-state index contributed by atoms with van der Waals surface area (Å²) in [6, 6.07) is 0.420. The molecule has 3 aliphatic carbocycles. The van der Waals surface area contributed by atoms with Gasteiger partial charge in [0.1, 0.15) is 0 Å². The standard InChI is InChI=1S/C17H30N2O2/c20-14-8-4-5-12(9-14)11-18-17(21)19-16-10-15(16)13-6-2-1-3-7-13/h12-16,20H,1-11H2,(H2,18,19,21). The van der Waals surface area contributed by atoms with Gasteiger partial charge in [-0.3, -0.25) is 0 Å². The summed E-state index contributed by atoms with van der Waals surface area (Å²) < 4.78 is 0. The first kappa shape index (κ1) is 15.1. The highest BCUT2D eigenvalue weighted by Gasteiger charge is 2.43. The molecule has 4 atom stereocenters. The normalized spacial score (nSPS) is 37.0. The predicted molar refractivity (Wildman–Crippen MR) is 83.0 cm³/mol. The summed E-state index contributed by atoms with van der Waals surface area (Å²) in [5.41, 5.74) is 0. The number of aliphatic hydroxyl groups is 1. The lowest BCUT2D eigenvalue weighted by molar-refractivity contribution is 0.101. The Hall–Kier alpha value is -0.770. The number of carbonyl (C=O) groups is 1. The number of hydrogen-bond donors (Lipinski definition) is 3. The number of urea groups is 1. The summed E-state index contributed by atoms with van der Waals surface area (Å²) in [4.78, 5) is 12.0. The maximum absolute atomic E-state index is 12.0. The zero-order valence-corrected chi connectivity index (χ0v) is 13.0. The van der Waals surface area contributed by atoms with Gasteiger partial charge in [-0.1, -0.05) is 38.5 Å². The van der Waals surface area contributed by atoms with Gasteiger partial charge in [-0.05, 0) is 43.4 Å². The minimum absolute atomic E-state index is 0.00151. The molecule has 0 aromatic rings. The summed E-state index contributed by atoms with van der Waals surface area (Å²) >= 11 is 0. The molecular weight excluding hydrogens is 264 g/mol. The van der Waals surface area contributed by atoms with Crippen molar-refractivity contribution in [2.75, 3.05) is 6.54 Å². The van der Waals surface area contributed by atoms with Crippen molar-refractivity contribution in [3.8, 4) is 0 Å². The molecule has 120 valence electrons. The summed E-state index contributed by atoms with van der Waals surface area (Å²) in [7, 11) is 0. The second-order valence-electron chi connectivity index (χ2n) is 7.44. The minimum Gasteiger partial charge on any atom is -0.393 e. The van der Waals surface area contributed by atoms with Crippen molar-refractivity contribution < 1.29 is 9.90 Å². The Kier molecular flexibility index (Phi) is 5.04. The van der Waals surface area contributed by atoms with Crippen molar-refractivity contribution in [3.05, 3.63) is 0 Å². The van der Waals surface area contributed by atoms with E-state index in [1.165, 1.54) is 38.5 Å². The third-order valence-corrected chi connectivity index (χ3v) is 5.72. The number of rotatable bonds is 4. The van der Waals surface area contributed by atoms with Gasteiger partial charge in [-0.2, -0.15) is 0 Å². The van der Waals surface area contributed by atoms with Crippen LogP contribution >= 0.6 is 0 Å². The fourth-order valence-corrected chi connectivity index (χ4v) is 4.37. The SMILES string of the molecule is O=C(NCC1CCCC(O)C1)NC1CC1C1CCCCC1. The number of hydrogen-bond acceptors (Lipinski definition) is 2. The third kappa shape index (κ3) is 4.35. The first-order chi connectivity index (χ1) is 10.2. The van der Waals surface area contributed by atoms with Gasteiger partial charge < -0.3 is 15.7 Å². The number of carbonyl (C=O) groups excluding carboxylic acids is 1. The van der Waals surface area contributed by atoms with E-state index in [0.717, 1.165) is 37.5 Å². The molecule has 0 spiro atoms. The quantitative estimate of drug-likeness (QED) is 0.746. The van der Waals surface area contributed by atoms with E-state index in [1.807, 2.05) is 0 Å². The average Bonchev–Trinajstić information content (AvgIpc) is 3.25. The molecule has 3 saturated carbocycles. The lowest BCUT2D eigenvalue weighted by atomic mass is 9.85. The average molecular weight is 294 g/mol. The number of nitrogens with one attached hydrogen (secondary N) is 2. The highest BCUT2D eigenvalue weighted by atomic mass is 16.3. The molecule has 4 nitrogen and oxygen atoms in total. The highest BCUT2D eigenvalue weighted by Crippen LogP contribution is 2.44. The lowest BCUT2D eigenvalue weighted by Gasteiger charge is -2.26. The highest BCUT2D eigenvalue weighted by molar-refractivity contribution is 5.74. The van der Waals surface area contributed by atoms with E-state index < -0.39 is 0 Å². The van der Waals surface area contributed by atoms with E-state index in [1.54, 1.807) is 0 Å². The molecule has 4 unspecified atom stereocenters. The Balaban J connectivity index is 1.32. The van der Waals surface area contributed by atoms with Gasteiger partial charge in [0, 0.05) is 12.6 Å². The number of aliphatic hydroxyl groups excluding tert-OH is 1. The van der Waals surface area contributed by atoms with Crippen LogP contribution in [0, 0.1) is 17.8 Å². The van der Waals surface area contributed by atoms with E-state index in [4.69, 9.17) is 0 Å². The van der Waals surface area contributed by atoms with Crippen LogP contribution in [-0.4, -0.2) is 29.8 Å². The van der Waals surface area contributed by atoms with Crippen LogP contribution in [0.3, 0.4) is 0 Å². The van der Waals surface area contributed by atoms with E-state index in [-0.39, 0.29) is 12.1 Å². The molecule has 0 radical (unpaired) electrons. The largest absolute Gasteiger partial charge is 0.393 e. The topological polar surface area (TPSA) is 61.4 Å². The van der Waals surface area contributed by atoms with Crippen LogP contribution in [0.15, 0.2) is 0 Å². The van der Waals surface area contributed by atoms with Crippen LogP contribution in [0.1, 0.15) is 64.2 Å². The maximum Gasteiger partial charge on any atom is 0.315 e.